The molecule has 0 spiro atoms. The lowest BCUT2D eigenvalue weighted by Gasteiger charge is -2.11. The summed E-state index contributed by atoms with van der Waals surface area (Å²) in [5.41, 5.74) is 0.690. The highest BCUT2D eigenvalue weighted by Crippen LogP contribution is 2.32. The van der Waals surface area contributed by atoms with Crippen LogP contribution in [0.5, 0.6) is 11.5 Å². The fourth-order valence-electron chi connectivity index (χ4n) is 1.59. The molecule has 0 radical (unpaired) electrons. The van der Waals surface area contributed by atoms with Crippen LogP contribution in [0.3, 0.4) is 0 Å². The van der Waals surface area contributed by atoms with Gasteiger partial charge in [0.2, 0.25) is 0 Å². The van der Waals surface area contributed by atoms with Crippen LogP contribution >= 0.6 is 0 Å². The molecule has 2 rings (SSSR count). The van der Waals surface area contributed by atoms with Gasteiger partial charge in [-0.05, 0) is 30.3 Å². The summed E-state index contributed by atoms with van der Waals surface area (Å²) >= 11 is 0. The van der Waals surface area contributed by atoms with Gasteiger partial charge in [-0.25, -0.2) is 0 Å². The van der Waals surface area contributed by atoms with Crippen LogP contribution in [0.2, 0.25) is 0 Å². The van der Waals surface area contributed by atoms with Crippen molar-refractivity contribution >= 4 is 0 Å². The lowest BCUT2D eigenvalue weighted by Crippen LogP contribution is -2.19. The summed E-state index contributed by atoms with van der Waals surface area (Å²) in [6.07, 6.45) is 0. The third-order valence-corrected chi connectivity index (χ3v) is 2.49. The molecule has 6 nitrogen and oxygen atoms in total. The summed E-state index contributed by atoms with van der Waals surface area (Å²) in [6.45, 7) is -2.95. The second-order valence-electron chi connectivity index (χ2n) is 3.74. The van der Waals surface area contributed by atoms with E-state index in [-0.39, 0.29) is 17.0 Å². The first kappa shape index (κ1) is 13.8. The largest absolute Gasteiger partial charge is 0.493 e. The van der Waals surface area contributed by atoms with Gasteiger partial charge in [0, 0.05) is 5.56 Å². The molecule has 0 unspecified atom stereocenters. The molecule has 0 atom stereocenters. The summed E-state index contributed by atoms with van der Waals surface area (Å²) in [4.78, 5) is 0.408. The van der Waals surface area contributed by atoms with Gasteiger partial charge in [-0.2, -0.15) is 8.78 Å². The van der Waals surface area contributed by atoms with Gasteiger partial charge in [-0.15, -0.1) is 5.10 Å². The van der Waals surface area contributed by atoms with Crippen LogP contribution in [0, 0.1) is 5.41 Å². The molecule has 106 valence electrons. The van der Waals surface area contributed by atoms with Crippen LogP contribution in [0.1, 0.15) is 0 Å². The van der Waals surface area contributed by atoms with Crippen molar-refractivity contribution in [2.45, 2.75) is 6.61 Å². The zero-order valence-electron chi connectivity index (χ0n) is 10.4. The molecule has 0 aliphatic rings. The maximum Gasteiger partial charge on any atom is 0.387 e. The Hall–Kier alpha value is -2.64. The van der Waals surface area contributed by atoms with Crippen LogP contribution in [-0.2, 0) is 0 Å². The zero-order chi connectivity index (χ0) is 14.7. The number of methoxy groups -OCH3 is 1. The highest BCUT2D eigenvalue weighted by Gasteiger charge is 2.12. The van der Waals surface area contributed by atoms with Crippen molar-refractivity contribution in [3.63, 3.8) is 0 Å². The first-order valence-electron chi connectivity index (χ1n) is 5.48. The number of benzene rings is 1. The number of aromatic nitrogens is 2. The number of ether oxygens (including phenoxy) is 2. The first-order valence-corrected chi connectivity index (χ1v) is 5.48. The molecule has 0 amide bonds. The van der Waals surface area contributed by atoms with Crippen molar-refractivity contribution in [1.29, 1.82) is 5.41 Å². The molecule has 2 N–H and O–H groups in total. The number of halogens is 2. The van der Waals surface area contributed by atoms with E-state index in [1.807, 2.05) is 0 Å². The number of hydrogen-bond donors (Lipinski definition) is 2. The quantitative estimate of drug-likeness (QED) is 0.839. The third-order valence-electron chi connectivity index (χ3n) is 2.49. The number of hydrogen-bond acceptors (Lipinski definition) is 5. The molecule has 0 saturated heterocycles. The molecule has 0 fully saturated rings. The minimum absolute atomic E-state index is 0.0970. The highest BCUT2D eigenvalue weighted by molar-refractivity contribution is 5.63. The normalized spacial score (nSPS) is 10.6. The van der Waals surface area contributed by atoms with Crippen molar-refractivity contribution in [2.24, 2.45) is 0 Å². The Morgan fingerprint density at radius 1 is 1.25 bits per heavy atom. The predicted octanol–water partition coefficient (Wildman–Crippen LogP) is 1.88. The Kier molecular flexibility index (Phi) is 3.83. The van der Waals surface area contributed by atoms with Crippen molar-refractivity contribution in [2.75, 3.05) is 7.11 Å². The average Bonchev–Trinajstić information content (AvgIpc) is 2.42. The van der Waals surface area contributed by atoms with Gasteiger partial charge in [0.15, 0.2) is 17.0 Å². The number of alkyl halides is 2. The second kappa shape index (κ2) is 5.55. The topological polar surface area (TPSA) is 80.4 Å². The Labute approximate surface area is 112 Å². The number of rotatable bonds is 4. The number of nitrogens with zero attached hydrogens (tertiary/aromatic N) is 2. The molecule has 0 aliphatic heterocycles. The molecule has 1 aromatic heterocycles. The Morgan fingerprint density at radius 2 is 2.00 bits per heavy atom. The molecule has 8 heteroatoms. The molecule has 1 aromatic carbocycles. The summed E-state index contributed by atoms with van der Waals surface area (Å²) in [5, 5.41) is 20.4. The van der Waals surface area contributed by atoms with E-state index in [0.29, 0.717) is 16.1 Å². The minimum Gasteiger partial charge on any atom is -0.493 e. The molecule has 1 heterocycles. The molecule has 0 saturated carbocycles. The van der Waals surface area contributed by atoms with E-state index in [4.69, 9.17) is 10.1 Å². The summed E-state index contributed by atoms with van der Waals surface area (Å²) in [6, 6.07) is 7.12. The van der Waals surface area contributed by atoms with E-state index < -0.39 is 6.61 Å². The molecule has 20 heavy (non-hydrogen) atoms. The fourth-order valence-corrected chi connectivity index (χ4v) is 1.59. The standard InChI is InChI=1S/C12H11F2N3O3/c1-19-10-6-7(2-4-9(10)20-12(13)14)8-3-5-11(15)17(18)16-8/h2-6,12,15,18H,1H3. The first-order chi connectivity index (χ1) is 9.51. The van der Waals surface area contributed by atoms with Crippen LogP contribution in [0.25, 0.3) is 11.3 Å². The predicted molar refractivity (Wildman–Crippen MR) is 63.9 cm³/mol. The Bertz CT molecular complexity index is 673. The van der Waals surface area contributed by atoms with Gasteiger partial charge in [0.1, 0.15) is 0 Å². The second-order valence-corrected chi connectivity index (χ2v) is 3.74. The van der Waals surface area contributed by atoms with Gasteiger partial charge in [0.05, 0.1) is 12.8 Å². The van der Waals surface area contributed by atoms with Gasteiger partial charge in [0.25, 0.3) is 0 Å². The molecular weight excluding hydrogens is 272 g/mol. The minimum atomic E-state index is -2.95. The van der Waals surface area contributed by atoms with Crippen molar-refractivity contribution in [3.8, 4) is 22.8 Å². The lowest BCUT2D eigenvalue weighted by atomic mass is 10.1. The van der Waals surface area contributed by atoms with E-state index in [1.165, 1.54) is 37.4 Å². The van der Waals surface area contributed by atoms with E-state index in [9.17, 15) is 14.0 Å². The van der Waals surface area contributed by atoms with Crippen molar-refractivity contribution < 1.29 is 23.5 Å². The van der Waals surface area contributed by atoms with E-state index in [0.717, 1.165) is 0 Å². The molecule has 0 aliphatic carbocycles. The molecular formula is C12H11F2N3O3. The summed E-state index contributed by atoms with van der Waals surface area (Å²) in [5.74, 6) is 0.0178. The molecule has 0 bridgehead atoms. The van der Waals surface area contributed by atoms with Crippen molar-refractivity contribution in [1.82, 2.24) is 9.94 Å². The van der Waals surface area contributed by atoms with Gasteiger partial charge in [-0.3, -0.25) is 5.41 Å². The van der Waals surface area contributed by atoms with Crippen LogP contribution in [-0.4, -0.2) is 28.9 Å². The van der Waals surface area contributed by atoms with E-state index in [1.54, 1.807) is 0 Å². The SMILES string of the molecule is COc1cc(-c2ccc(=N)n(O)n2)ccc1OC(F)F. The zero-order valence-corrected chi connectivity index (χ0v) is 10.4. The average molecular weight is 283 g/mol. The molecule has 2 aromatic rings. The van der Waals surface area contributed by atoms with Crippen LogP contribution in [0.4, 0.5) is 8.78 Å². The van der Waals surface area contributed by atoms with Gasteiger partial charge in [-0.1, -0.05) is 4.85 Å². The smallest absolute Gasteiger partial charge is 0.387 e. The Morgan fingerprint density at radius 3 is 2.60 bits per heavy atom. The maximum atomic E-state index is 12.2. The summed E-state index contributed by atoms with van der Waals surface area (Å²) in [7, 11) is 1.32. The highest BCUT2D eigenvalue weighted by atomic mass is 19.3. The van der Waals surface area contributed by atoms with Gasteiger partial charge >= 0.3 is 6.61 Å². The van der Waals surface area contributed by atoms with Gasteiger partial charge < -0.3 is 14.7 Å². The fraction of sp³-hybridized carbons (Fsp3) is 0.167. The Balaban J connectivity index is 2.42. The monoisotopic (exact) mass is 283 g/mol. The van der Waals surface area contributed by atoms with Crippen LogP contribution < -0.4 is 15.0 Å². The number of nitrogens with one attached hydrogen (secondary N) is 1. The third kappa shape index (κ3) is 2.85. The van der Waals surface area contributed by atoms with Crippen LogP contribution in [0.15, 0.2) is 30.3 Å². The van der Waals surface area contributed by atoms with E-state index in [2.05, 4.69) is 9.84 Å². The summed E-state index contributed by atoms with van der Waals surface area (Å²) < 4.78 is 33.7. The maximum absolute atomic E-state index is 12.2. The van der Waals surface area contributed by atoms with E-state index >= 15 is 0 Å². The lowest BCUT2D eigenvalue weighted by molar-refractivity contribution is -0.0512. The van der Waals surface area contributed by atoms with Crippen molar-refractivity contribution in [3.05, 3.63) is 35.8 Å².